The van der Waals surface area contributed by atoms with Gasteiger partial charge in [0.05, 0.1) is 6.54 Å². The van der Waals surface area contributed by atoms with Gasteiger partial charge in [-0.1, -0.05) is 6.07 Å². The van der Waals surface area contributed by atoms with E-state index in [0.717, 1.165) is 6.54 Å². The first kappa shape index (κ1) is 7.43. The molecule has 0 aromatic carbocycles. The lowest BCUT2D eigenvalue weighted by molar-refractivity contribution is 0.855. The van der Waals surface area contributed by atoms with Crippen LogP contribution in [0, 0.1) is 0 Å². The van der Waals surface area contributed by atoms with Crippen LogP contribution in [0.25, 0.3) is 0 Å². The van der Waals surface area contributed by atoms with Gasteiger partial charge < -0.3 is 5.43 Å². The van der Waals surface area contributed by atoms with E-state index >= 15 is 0 Å². The SMILES string of the molecule is c1csc(CNn2cccc2)c1. The first-order valence-electron chi connectivity index (χ1n) is 3.84. The molecule has 0 saturated heterocycles. The number of aromatic nitrogens is 1. The van der Waals surface area contributed by atoms with Crippen LogP contribution < -0.4 is 5.43 Å². The van der Waals surface area contributed by atoms with Crippen molar-refractivity contribution in [3.05, 3.63) is 46.9 Å². The summed E-state index contributed by atoms with van der Waals surface area (Å²) in [6, 6.07) is 8.20. The van der Waals surface area contributed by atoms with E-state index in [1.54, 1.807) is 11.3 Å². The molecule has 0 radical (unpaired) electrons. The quantitative estimate of drug-likeness (QED) is 0.763. The van der Waals surface area contributed by atoms with Crippen molar-refractivity contribution >= 4 is 11.3 Å². The zero-order chi connectivity index (χ0) is 8.23. The van der Waals surface area contributed by atoms with Crippen LogP contribution in [-0.4, -0.2) is 4.68 Å². The van der Waals surface area contributed by atoms with Crippen molar-refractivity contribution in [3.8, 4) is 0 Å². The van der Waals surface area contributed by atoms with Crippen LogP contribution in [0.2, 0.25) is 0 Å². The lowest BCUT2D eigenvalue weighted by Crippen LogP contribution is -2.10. The van der Waals surface area contributed by atoms with Gasteiger partial charge in [-0.2, -0.15) is 0 Å². The van der Waals surface area contributed by atoms with Crippen molar-refractivity contribution in [3.63, 3.8) is 0 Å². The topological polar surface area (TPSA) is 17.0 Å². The van der Waals surface area contributed by atoms with E-state index in [4.69, 9.17) is 0 Å². The van der Waals surface area contributed by atoms with E-state index in [9.17, 15) is 0 Å². The van der Waals surface area contributed by atoms with Crippen LogP contribution in [0.5, 0.6) is 0 Å². The third kappa shape index (κ3) is 1.68. The maximum atomic E-state index is 3.25. The van der Waals surface area contributed by atoms with Crippen LogP contribution in [0.4, 0.5) is 0 Å². The highest BCUT2D eigenvalue weighted by molar-refractivity contribution is 7.09. The highest BCUT2D eigenvalue weighted by atomic mass is 32.1. The standard InChI is InChI=1S/C9H10N2S/c1-2-6-11(5-1)10-8-9-4-3-7-12-9/h1-7,10H,8H2. The summed E-state index contributed by atoms with van der Waals surface area (Å²) in [6.45, 7) is 0.895. The second-order valence-electron chi connectivity index (χ2n) is 2.50. The molecule has 0 unspecified atom stereocenters. The highest BCUT2D eigenvalue weighted by Gasteiger charge is 1.91. The van der Waals surface area contributed by atoms with E-state index in [1.807, 2.05) is 29.2 Å². The molecule has 0 amide bonds. The summed E-state index contributed by atoms with van der Waals surface area (Å²) in [5.74, 6) is 0. The molecule has 62 valence electrons. The fourth-order valence-electron chi connectivity index (χ4n) is 1.02. The van der Waals surface area contributed by atoms with Gasteiger partial charge in [0.15, 0.2) is 0 Å². The van der Waals surface area contributed by atoms with E-state index in [0.29, 0.717) is 0 Å². The Morgan fingerprint density at radius 3 is 2.75 bits per heavy atom. The molecule has 2 heterocycles. The molecule has 0 saturated carbocycles. The van der Waals surface area contributed by atoms with Crippen LogP contribution in [0.3, 0.4) is 0 Å². The monoisotopic (exact) mass is 178 g/mol. The summed E-state index contributed by atoms with van der Waals surface area (Å²) in [4.78, 5) is 1.35. The first-order chi connectivity index (χ1) is 5.95. The molecule has 0 bridgehead atoms. The minimum Gasteiger partial charge on any atom is -0.321 e. The number of nitrogens with one attached hydrogen (secondary N) is 1. The summed E-state index contributed by atoms with van der Waals surface area (Å²) in [5, 5.41) is 2.09. The van der Waals surface area contributed by atoms with Crippen molar-refractivity contribution in [1.29, 1.82) is 0 Å². The molecule has 3 heteroatoms. The Hall–Kier alpha value is -1.22. The average molecular weight is 178 g/mol. The Balaban J connectivity index is 1.91. The predicted octanol–water partition coefficient (Wildman–Crippen LogP) is 2.29. The van der Waals surface area contributed by atoms with Gasteiger partial charge in [0.25, 0.3) is 0 Å². The largest absolute Gasteiger partial charge is 0.321 e. The van der Waals surface area contributed by atoms with Gasteiger partial charge in [0.2, 0.25) is 0 Å². The summed E-state index contributed by atoms with van der Waals surface area (Å²) >= 11 is 1.77. The average Bonchev–Trinajstić information content (AvgIpc) is 2.74. The number of rotatable bonds is 3. The zero-order valence-electron chi connectivity index (χ0n) is 6.60. The highest BCUT2D eigenvalue weighted by Crippen LogP contribution is 2.07. The second kappa shape index (κ2) is 3.45. The van der Waals surface area contributed by atoms with Crippen molar-refractivity contribution < 1.29 is 0 Å². The van der Waals surface area contributed by atoms with Gasteiger partial charge >= 0.3 is 0 Å². The Morgan fingerprint density at radius 2 is 2.08 bits per heavy atom. The second-order valence-corrected chi connectivity index (χ2v) is 3.54. The maximum Gasteiger partial charge on any atom is 0.0657 e. The molecule has 2 aromatic heterocycles. The molecule has 0 aliphatic carbocycles. The molecule has 2 rings (SSSR count). The number of thiophene rings is 1. The van der Waals surface area contributed by atoms with Gasteiger partial charge in [0, 0.05) is 17.3 Å². The minimum atomic E-state index is 0.895. The fourth-order valence-corrected chi connectivity index (χ4v) is 1.66. The van der Waals surface area contributed by atoms with Crippen LogP contribution in [0.15, 0.2) is 42.0 Å². The summed E-state index contributed by atoms with van der Waals surface area (Å²) in [7, 11) is 0. The molecule has 0 aliphatic rings. The van der Waals surface area contributed by atoms with Gasteiger partial charge in [-0.05, 0) is 23.6 Å². The van der Waals surface area contributed by atoms with Gasteiger partial charge in [-0.25, -0.2) is 0 Å². The molecule has 2 aromatic rings. The van der Waals surface area contributed by atoms with Crippen molar-refractivity contribution in [2.45, 2.75) is 6.54 Å². The molecule has 2 nitrogen and oxygen atoms in total. The van der Waals surface area contributed by atoms with E-state index in [1.165, 1.54) is 4.88 Å². The van der Waals surface area contributed by atoms with Gasteiger partial charge in [0.1, 0.15) is 0 Å². The normalized spacial score (nSPS) is 10.0. The molecule has 0 atom stereocenters. The lowest BCUT2D eigenvalue weighted by Gasteiger charge is -2.04. The van der Waals surface area contributed by atoms with Crippen molar-refractivity contribution in [1.82, 2.24) is 4.68 Å². The fraction of sp³-hybridized carbons (Fsp3) is 0.111. The van der Waals surface area contributed by atoms with E-state index in [2.05, 4.69) is 22.9 Å². The number of nitrogens with zero attached hydrogens (tertiary/aromatic N) is 1. The van der Waals surface area contributed by atoms with Gasteiger partial charge in [-0.3, -0.25) is 4.68 Å². The third-order valence-electron chi connectivity index (χ3n) is 1.62. The smallest absolute Gasteiger partial charge is 0.0657 e. The molecule has 12 heavy (non-hydrogen) atoms. The molecule has 0 fully saturated rings. The molecule has 0 aliphatic heterocycles. The van der Waals surface area contributed by atoms with Crippen molar-refractivity contribution in [2.75, 3.05) is 5.43 Å². The predicted molar refractivity (Wildman–Crippen MR) is 51.8 cm³/mol. The van der Waals surface area contributed by atoms with Gasteiger partial charge in [-0.15, -0.1) is 11.3 Å². The van der Waals surface area contributed by atoms with Crippen molar-refractivity contribution in [2.24, 2.45) is 0 Å². The molecular formula is C9H10N2S. The van der Waals surface area contributed by atoms with E-state index in [-0.39, 0.29) is 0 Å². The Labute approximate surface area is 75.4 Å². The zero-order valence-corrected chi connectivity index (χ0v) is 7.42. The minimum absolute atomic E-state index is 0.895. The maximum absolute atomic E-state index is 3.25. The Bertz CT molecular complexity index is 276. The number of hydrogen-bond acceptors (Lipinski definition) is 2. The van der Waals surface area contributed by atoms with Crippen LogP contribution in [0.1, 0.15) is 4.88 Å². The van der Waals surface area contributed by atoms with Crippen LogP contribution >= 0.6 is 11.3 Å². The summed E-state index contributed by atoms with van der Waals surface area (Å²) in [5.41, 5.74) is 3.25. The Kier molecular flexibility index (Phi) is 2.14. The Morgan fingerprint density at radius 1 is 1.25 bits per heavy atom. The first-order valence-corrected chi connectivity index (χ1v) is 4.72. The lowest BCUT2D eigenvalue weighted by atomic mass is 10.5. The summed E-state index contributed by atoms with van der Waals surface area (Å²) < 4.78 is 1.96. The summed E-state index contributed by atoms with van der Waals surface area (Å²) in [6.07, 6.45) is 3.99. The van der Waals surface area contributed by atoms with Crippen LogP contribution in [-0.2, 0) is 6.54 Å². The molecule has 1 N–H and O–H groups in total. The molecule has 0 spiro atoms. The number of hydrogen-bond donors (Lipinski definition) is 1. The van der Waals surface area contributed by atoms with E-state index < -0.39 is 0 Å². The molecular weight excluding hydrogens is 168 g/mol. The third-order valence-corrected chi connectivity index (χ3v) is 2.50.